The Hall–Kier alpha value is -1.08. The van der Waals surface area contributed by atoms with Gasteiger partial charge in [0.2, 0.25) is 0 Å². The fourth-order valence-electron chi connectivity index (χ4n) is 1.62. The molecule has 1 aromatic rings. The van der Waals surface area contributed by atoms with Gasteiger partial charge in [-0.15, -0.1) is 0 Å². The molecule has 0 saturated heterocycles. The van der Waals surface area contributed by atoms with Gasteiger partial charge >= 0.3 is 0 Å². The summed E-state index contributed by atoms with van der Waals surface area (Å²) in [6.45, 7) is 0.610. The first-order valence-electron chi connectivity index (χ1n) is 6.24. The van der Waals surface area contributed by atoms with Gasteiger partial charge in [-0.25, -0.2) is 19.6 Å². The van der Waals surface area contributed by atoms with Crippen molar-refractivity contribution < 1.29 is 8.78 Å². The van der Waals surface area contributed by atoms with Gasteiger partial charge in [0.25, 0.3) is 0 Å². The zero-order valence-corrected chi connectivity index (χ0v) is 11.8. The second kappa shape index (κ2) is 8.92. The lowest BCUT2D eigenvalue weighted by molar-refractivity contribution is 0.577. The number of nitrogens with two attached hydrogens (primary N) is 1. The number of rotatable bonds is 9. The minimum absolute atomic E-state index is 0.0264. The Labute approximate surface area is 116 Å². The highest BCUT2D eigenvalue weighted by atomic mass is 32.2. The molecule has 1 heterocycles. The number of hydrogen-bond donors (Lipinski definition) is 3. The van der Waals surface area contributed by atoms with Gasteiger partial charge in [0.05, 0.1) is 0 Å². The highest BCUT2D eigenvalue weighted by molar-refractivity contribution is 7.98. The van der Waals surface area contributed by atoms with E-state index in [0.29, 0.717) is 6.54 Å². The molecule has 0 radical (unpaired) electrons. The summed E-state index contributed by atoms with van der Waals surface area (Å²) in [4.78, 5) is 3.74. The first kappa shape index (κ1) is 16.0. The van der Waals surface area contributed by atoms with E-state index in [1.54, 1.807) is 0 Å². The Morgan fingerprint density at radius 2 is 1.84 bits per heavy atom. The van der Waals surface area contributed by atoms with Crippen LogP contribution in [0.1, 0.15) is 25.7 Å². The molecule has 0 spiro atoms. The van der Waals surface area contributed by atoms with E-state index in [-0.39, 0.29) is 11.6 Å². The molecule has 0 aliphatic heterocycles. The van der Waals surface area contributed by atoms with E-state index in [2.05, 4.69) is 22.0 Å². The molecule has 108 valence electrons. The molecule has 7 heteroatoms. The summed E-state index contributed by atoms with van der Waals surface area (Å²) in [5, 5.41) is 2.85. The molecule has 0 saturated carbocycles. The van der Waals surface area contributed by atoms with Gasteiger partial charge in [0.1, 0.15) is 0 Å². The van der Waals surface area contributed by atoms with Crippen LogP contribution in [0, 0.1) is 11.6 Å². The van der Waals surface area contributed by atoms with Crippen LogP contribution >= 0.6 is 11.8 Å². The van der Waals surface area contributed by atoms with Crippen molar-refractivity contribution in [2.75, 3.05) is 29.3 Å². The van der Waals surface area contributed by atoms with Gasteiger partial charge in [0.15, 0.2) is 23.3 Å². The molecular formula is C12H20F2N4S. The highest BCUT2D eigenvalue weighted by Crippen LogP contribution is 2.18. The van der Waals surface area contributed by atoms with Crippen LogP contribution in [0.4, 0.5) is 20.4 Å². The third kappa shape index (κ3) is 5.61. The summed E-state index contributed by atoms with van der Waals surface area (Å²) in [5.74, 6) is 4.61. The predicted molar refractivity (Wildman–Crippen MR) is 77.3 cm³/mol. The average Bonchev–Trinajstić information content (AvgIpc) is 2.40. The Kier molecular flexibility index (Phi) is 7.50. The normalized spacial score (nSPS) is 10.5. The molecule has 0 bridgehead atoms. The van der Waals surface area contributed by atoms with Gasteiger partial charge < -0.3 is 10.7 Å². The van der Waals surface area contributed by atoms with Crippen molar-refractivity contribution >= 4 is 23.4 Å². The Bertz CT molecular complexity index is 390. The molecular weight excluding hydrogens is 270 g/mol. The number of anilines is 2. The van der Waals surface area contributed by atoms with E-state index in [0.717, 1.165) is 25.3 Å². The summed E-state index contributed by atoms with van der Waals surface area (Å²) >= 11 is 1.84. The number of hydrazine groups is 1. The van der Waals surface area contributed by atoms with Crippen molar-refractivity contribution in [3.63, 3.8) is 0 Å². The molecule has 0 unspecified atom stereocenters. The van der Waals surface area contributed by atoms with Gasteiger partial charge in [-0.3, -0.25) is 0 Å². The maximum absolute atomic E-state index is 13.4. The highest BCUT2D eigenvalue weighted by Gasteiger charge is 2.10. The standard InChI is InChI=1S/C12H20F2N4S/c1-19-7-5-3-2-4-6-16-11-9(13)8-10(14)12(17-11)18-15/h8H,2-7,15H2,1H3,(H2,16,17,18). The van der Waals surface area contributed by atoms with E-state index in [1.807, 2.05) is 11.8 Å². The zero-order chi connectivity index (χ0) is 14.1. The Morgan fingerprint density at radius 3 is 2.53 bits per heavy atom. The fraction of sp³-hybridized carbons (Fsp3) is 0.583. The lowest BCUT2D eigenvalue weighted by Crippen LogP contribution is -2.13. The van der Waals surface area contributed by atoms with Crippen LogP contribution in [0.2, 0.25) is 0 Å². The molecule has 1 rings (SSSR count). The minimum Gasteiger partial charge on any atom is -0.368 e. The van der Waals surface area contributed by atoms with Crippen molar-refractivity contribution in [2.24, 2.45) is 5.84 Å². The van der Waals surface area contributed by atoms with Crippen LogP contribution in [0.15, 0.2) is 6.07 Å². The molecule has 19 heavy (non-hydrogen) atoms. The molecule has 4 nitrogen and oxygen atoms in total. The van der Waals surface area contributed by atoms with Crippen LogP contribution in [-0.4, -0.2) is 23.5 Å². The number of halogens is 2. The van der Waals surface area contributed by atoms with Crippen LogP contribution in [0.5, 0.6) is 0 Å². The number of thioether (sulfide) groups is 1. The molecule has 0 aliphatic carbocycles. The van der Waals surface area contributed by atoms with Crippen LogP contribution < -0.4 is 16.6 Å². The third-order valence-electron chi connectivity index (χ3n) is 2.63. The van der Waals surface area contributed by atoms with Gasteiger partial charge in [-0.1, -0.05) is 12.8 Å². The summed E-state index contributed by atoms with van der Waals surface area (Å²) in [6, 6.07) is 0.767. The molecule has 0 aliphatic rings. The third-order valence-corrected chi connectivity index (χ3v) is 3.33. The molecule has 0 atom stereocenters. The van der Waals surface area contributed by atoms with Crippen LogP contribution in [-0.2, 0) is 0 Å². The number of hydrogen-bond acceptors (Lipinski definition) is 5. The SMILES string of the molecule is CSCCCCCCNc1nc(NN)c(F)cc1F. The fourth-order valence-corrected chi connectivity index (χ4v) is 2.12. The monoisotopic (exact) mass is 290 g/mol. The zero-order valence-electron chi connectivity index (χ0n) is 11.0. The van der Waals surface area contributed by atoms with Crippen molar-refractivity contribution in [2.45, 2.75) is 25.7 Å². The minimum atomic E-state index is -0.803. The van der Waals surface area contributed by atoms with E-state index >= 15 is 0 Å². The Balaban J connectivity index is 2.33. The van der Waals surface area contributed by atoms with E-state index in [9.17, 15) is 8.78 Å². The molecule has 0 fully saturated rings. The molecule has 1 aromatic heterocycles. The van der Waals surface area contributed by atoms with Crippen LogP contribution in [0.3, 0.4) is 0 Å². The summed E-state index contributed by atoms with van der Waals surface area (Å²) in [5.41, 5.74) is 2.09. The Morgan fingerprint density at radius 1 is 1.16 bits per heavy atom. The lowest BCUT2D eigenvalue weighted by Gasteiger charge is -2.09. The summed E-state index contributed by atoms with van der Waals surface area (Å²) in [7, 11) is 0. The van der Waals surface area contributed by atoms with Gasteiger partial charge in [0, 0.05) is 12.6 Å². The van der Waals surface area contributed by atoms with Crippen molar-refractivity contribution in [3.05, 3.63) is 17.7 Å². The quantitative estimate of drug-likeness (QED) is 0.371. The number of nitrogen functional groups attached to an aromatic ring is 1. The van der Waals surface area contributed by atoms with Gasteiger partial charge in [-0.05, 0) is 24.9 Å². The predicted octanol–water partition coefficient (Wildman–Crippen LogP) is 2.98. The number of nitrogens with one attached hydrogen (secondary N) is 2. The number of unbranched alkanes of at least 4 members (excludes halogenated alkanes) is 3. The van der Waals surface area contributed by atoms with Crippen LogP contribution in [0.25, 0.3) is 0 Å². The largest absolute Gasteiger partial charge is 0.368 e. The lowest BCUT2D eigenvalue weighted by atomic mass is 10.2. The number of pyridine rings is 1. The number of aromatic nitrogens is 1. The van der Waals surface area contributed by atoms with E-state index in [4.69, 9.17) is 5.84 Å². The van der Waals surface area contributed by atoms with Crippen molar-refractivity contribution in [1.29, 1.82) is 0 Å². The van der Waals surface area contributed by atoms with Gasteiger partial charge in [-0.2, -0.15) is 11.8 Å². The first-order valence-corrected chi connectivity index (χ1v) is 7.64. The maximum atomic E-state index is 13.4. The summed E-state index contributed by atoms with van der Waals surface area (Å²) in [6.07, 6.45) is 6.47. The van der Waals surface area contributed by atoms with E-state index in [1.165, 1.54) is 12.2 Å². The van der Waals surface area contributed by atoms with Crippen molar-refractivity contribution in [3.8, 4) is 0 Å². The second-order valence-electron chi connectivity index (χ2n) is 4.13. The average molecular weight is 290 g/mol. The first-order chi connectivity index (χ1) is 9.19. The smallest absolute Gasteiger partial charge is 0.178 e. The maximum Gasteiger partial charge on any atom is 0.178 e. The van der Waals surface area contributed by atoms with E-state index < -0.39 is 11.6 Å². The number of nitrogens with zero attached hydrogens (tertiary/aromatic N) is 1. The van der Waals surface area contributed by atoms with Crippen molar-refractivity contribution in [1.82, 2.24) is 4.98 Å². The summed E-state index contributed by atoms with van der Waals surface area (Å²) < 4.78 is 26.5. The molecule has 0 amide bonds. The topological polar surface area (TPSA) is 63.0 Å². The molecule has 4 N–H and O–H groups in total. The second-order valence-corrected chi connectivity index (χ2v) is 5.11. The molecule has 0 aromatic carbocycles.